The summed E-state index contributed by atoms with van der Waals surface area (Å²) in [7, 11) is 0. The zero-order chi connectivity index (χ0) is 16.2. The van der Waals surface area contributed by atoms with Gasteiger partial charge in [-0.15, -0.1) is 24.8 Å². The first kappa shape index (κ1) is 23.0. The highest BCUT2D eigenvalue weighted by Gasteiger charge is 2.37. The van der Waals surface area contributed by atoms with Crippen molar-refractivity contribution in [1.82, 2.24) is 15.5 Å². The number of carbonyl (C=O) groups is 1. The van der Waals surface area contributed by atoms with Crippen molar-refractivity contribution < 1.29 is 9.53 Å². The van der Waals surface area contributed by atoms with E-state index in [9.17, 15) is 4.79 Å². The van der Waals surface area contributed by atoms with E-state index < -0.39 is 0 Å². The molecule has 5 nitrogen and oxygen atoms in total. The second-order valence-corrected chi connectivity index (χ2v) is 7.77. The van der Waals surface area contributed by atoms with Gasteiger partial charge in [0.2, 0.25) is 5.91 Å². The number of morpholine rings is 1. The van der Waals surface area contributed by atoms with E-state index in [1.807, 2.05) is 0 Å². The van der Waals surface area contributed by atoms with Gasteiger partial charge < -0.3 is 15.4 Å². The lowest BCUT2D eigenvalue weighted by atomic mass is 9.85. The maximum Gasteiger partial charge on any atom is 0.237 e. The predicted molar refractivity (Wildman–Crippen MR) is 106 cm³/mol. The molecule has 7 heteroatoms. The van der Waals surface area contributed by atoms with Gasteiger partial charge in [-0.25, -0.2) is 0 Å². The maximum atomic E-state index is 12.3. The summed E-state index contributed by atoms with van der Waals surface area (Å²) in [4.78, 5) is 14.8. The summed E-state index contributed by atoms with van der Waals surface area (Å²) in [6.07, 6.45) is 7.90. The van der Waals surface area contributed by atoms with Crippen molar-refractivity contribution in [3.05, 3.63) is 0 Å². The summed E-state index contributed by atoms with van der Waals surface area (Å²) in [6, 6.07) is 0.641. The van der Waals surface area contributed by atoms with E-state index in [-0.39, 0.29) is 36.8 Å². The Morgan fingerprint density at radius 3 is 2.52 bits per heavy atom. The number of halogens is 2. The van der Waals surface area contributed by atoms with E-state index in [1.165, 1.54) is 25.7 Å². The van der Waals surface area contributed by atoms with Crippen LogP contribution in [0, 0.1) is 5.92 Å². The molecule has 0 spiro atoms. The smallest absolute Gasteiger partial charge is 0.237 e. The zero-order valence-electron chi connectivity index (χ0n) is 15.5. The van der Waals surface area contributed by atoms with Gasteiger partial charge in [-0.2, -0.15) is 0 Å². The molecule has 5 atom stereocenters. The molecule has 1 aliphatic carbocycles. The van der Waals surface area contributed by atoms with Crippen molar-refractivity contribution in [2.45, 2.75) is 76.7 Å². The summed E-state index contributed by atoms with van der Waals surface area (Å²) < 4.78 is 5.76. The van der Waals surface area contributed by atoms with Crippen molar-refractivity contribution >= 4 is 30.7 Å². The Labute approximate surface area is 164 Å². The largest absolute Gasteiger partial charge is 0.373 e. The van der Waals surface area contributed by atoms with E-state index in [0.29, 0.717) is 18.2 Å². The van der Waals surface area contributed by atoms with Gasteiger partial charge >= 0.3 is 0 Å². The molecule has 5 unspecified atom stereocenters. The number of ether oxygens (including phenoxy) is 1. The molecule has 148 valence electrons. The molecular weight excluding hydrogens is 361 g/mol. The van der Waals surface area contributed by atoms with Crippen molar-refractivity contribution in [2.75, 3.05) is 26.2 Å². The number of hydrogen-bond acceptors (Lipinski definition) is 4. The Morgan fingerprint density at radius 2 is 1.84 bits per heavy atom. The number of rotatable bonds is 5. The molecule has 0 radical (unpaired) electrons. The highest BCUT2D eigenvalue weighted by atomic mass is 35.5. The van der Waals surface area contributed by atoms with Gasteiger partial charge in [0, 0.05) is 32.2 Å². The number of nitrogens with one attached hydrogen (secondary N) is 2. The number of hydrogen-bond donors (Lipinski definition) is 2. The first-order valence-corrected chi connectivity index (χ1v) is 9.53. The molecule has 0 bridgehead atoms. The Kier molecular flexibility index (Phi) is 10.0. The van der Waals surface area contributed by atoms with Gasteiger partial charge in [-0.3, -0.25) is 9.69 Å². The lowest BCUT2D eigenvalue weighted by Crippen LogP contribution is -2.47. The Morgan fingerprint density at radius 1 is 1.16 bits per heavy atom. The van der Waals surface area contributed by atoms with Crippen LogP contribution < -0.4 is 10.6 Å². The quantitative estimate of drug-likeness (QED) is 0.701. The second-order valence-electron chi connectivity index (χ2n) is 7.77. The molecule has 0 aromatic carbocycles. The Bertz CT molecular complexity index is 390. The molecule has 3 aliphatic rings. The van der Waals surface area contributed by atoms with Crippen molar-refractivity contribution in [1.29, 1.82) is 0 Å². The van der Waals surface area contributed by atoms with Gasteiger partial charge in [0.05, 0.1) is 18.2 Å². The van der Waals surface area contributed by atoms with Gasteiger partial charge in [0.25, 0.3) is 0 Å². The number of fused-ring (bicyclic) bond motifs is 1. The fourth-order valence-electron chi connectivity index (χ4n) is 4.63. The van der Waals surface area contributed by atoms with Crippen molar-refractivity contribution in [2.24, 2.45) is 5.92 Å². The number of amides is 1. The molecule has 2 N–H and O–H groups in total. The van der Waals surface area contributed by atoms with Crippen molar-refractivity contribution in [3.63, 3.8) is 0 Å². The topological polar surface area (TPSA) is 53.6 Å². The average molecular weight is 396 g/mol. The standard InChI is InChI=1S/C18H33N3O2.2ClH/c1-13-11-21(12-14(2)23-13)9-5-8-19-18(22)17-10-15-6-3-4-7-16(15)20-17;;/h13-17,20H,3-12H2,1-2H3,(H,19,22);2*1H. The van der Waals surface area contributed by atoms with E-state index in [2.05, 4.69) is 29.4 Å². The molecule has 2 saturated heterocycles. The SMILES string of the molecule is CC1CN(CCCNC(=O)C2CC3CCCCC3N2)CC(C)O1.Cl.Cl. The highest BCUT2D eigenvalue weighted by Crippen LogP contribution is 2.33. The fraction of sp³-hybridized carbons (Fsp3) is 0.944. The molecule has 0 aromatic heterocycles. The Hall–Kier alpha value is -0.0700. The van der Waals surface area contributed by atoms with Gasteiger partial charge in [0.15, 0.2) is 0 Å². The molecule has 3 fully saturated rings. The van der Waals surface area contributed by atoms with Gasteiger partial charge in [0.1, 0.15) is 0 Å². The molecule has 1 saturated carbocycles. The van der Waals surface area contributed by atoms with Crippen LogP contribution in [0.4, 0.5) is 0 Å². The fourth-order valence-corrected chi connectivity index (χ4v) is 4.63. The van der Waals surface area contributed by atoms with Crippen LogP contribution in [0.15, 0.2) is 0 Å². The van der Waals surface area contributed by atoms with Crippen LogP contribution in [-0.2, 0) is 9.53 Å². The molecule has 25 heavy (non-hydrogen) atoms. The third kappa shape index (κ3) is 6.55. The van der Waals surface area contributed by atoms with Gasteiger partial charge in [-0.05, 0) is 45.4 Å². The van der Waals surface area contributed by atoms with Gasteiger partial charge in [-0.1, -0.05) is 12.8 Å². The summed E-state index contributed by atoms with van der Waals surface area (Å²) >= 11 is 0. The summed E-state index contributed by atoms with van der Waals surface area (Å²) in [5.74, 6) is 0.943. The minimum atomic E-state index is 0. The summed E-state index contributed by atoms with van der Waals surface area (Å²) in [5, 5.41) is 6.69. The molecule has 2 heterocycles. The molecule has 2 aliphatic heterocycles. The highest BCUT2D eigenvalue weighted by molar-refractivity contribution is 5.85. The minimum Gasteiger partial charge on any atom is -0.373 e. The molecule has 3 rings (SSSR count). The van der Waals surface area contributed by atoms with Crippen LogP contribution in [0.3, 0.4) is 0 Å². The van der Waals surface area contributed by atoms with Crippen LogP contribution in [-0.4, -0.2) is 61.3 Å². The van der Waals surface area contributed by atoms with E-state index in [1.54, 1.807) is 0 Å². The van der Waals surface area contributed by atoms with Crippen LogP contribution in [0.2, 0.25) is 0 Å². The minimum absolute atomic E-state index is 0. The summed E-state index contributed by atoms with van der Waals surface area (Å²) in [6.45, 7) is 8.11. The number of carbonyl (C=O) groups excluding carboxylic acids is 1. The lowest BCUT2D eigenvalue weighted by molar-refractivity contribution is -0.123. The average Bonchev–Trinajstić information content (AvgIpc) is 2.94. The van der Waals surface area contributed by atoms with Crippen LogP contribution in [0.1, 0.15) is 52.4 Å². The monoisotopic (exact) mass is 395 g/mol. The van der Waals surface area contributed by atoms with E-state index in [4.69, 9.17) is 4.74 Å². The third-order valence-corrected chi connectivity index (χ3v) is 5.62. The summed E-state index contributed by atoms with van der Waals surface area (Å²) in [5.41, 5.74) is 0. The lowest BCUT2D eigenvalue weighted by Gasteiger charge is -2.35. The Balaban J connectivity index is 0.00000156. The van der Waals surface area contributed by atoms with Crippen LogP contribution >= 0.6 is 24.8 Å². The third-order valence-electron chi connectivity index (χ3n) is 5.62. The zero-order valence-corrected chi connectivity index (χ0v) is 17.2. The van der Waals surface area contributed by atoms with E-state index in [0.717, 1.165) is 44.9 Å². The van der Waals surface area contributed by atoms with E-state index >= 15 is 0 Å². The molecule has 1 amide bonds. The number of nitrogens with zero attached hydrogens (tertiary/aromatic N) is 1. The predicted octanol–water partition coefficient (Wildman–Crippen LogP) is 2.37. The maximum absolute atomic E-state index is 12.3. The molecule has 0 aromatic rings. The first-order valence-electron chi connectivity index (χ1n) is 9.53. The molecular formula is C18H35Cl2N3O2. The van der Waals surface area contributed by atoms with Crippen molar-refractivity contribution in [3.8, 4) is 0 Å². The van der Waals surface area contributed by atoms with Crippen LogP contribution in [0.25, 0.3) is 0 Å². The second kappa shape index (κ2) is 10.9. The first-order chi connectivity index (χ1) is 11.1. The van der Waals surface area contributed by atoms with Crippen LogP contribution in [0.5, 0.6) is 0 Å². The normalized spacial score (nSPS) is 35.2.